The maximum absolute atomic E-state index is 12.0. The minimum Gasteiger partial charge on any atom is -0.494 e. The van der Waals surface area contributed by atoms with Crippen molar-refractivity contribution in [2.24, 2.45) is 5.10 Å². The maximum atomic E-state index is 12.0. The molecule has 0 radical (unpaired) electrons. The van der Waals surface area contributed by atoms with Gasteiger partial charge in [-0.25, -0.2) is 0 Å². The zero-order valence-corrected chi connectivity index (χ0v) is 15.1. The van der Waals surface area contributed by atoms with Gasteiger partial charge in [-0.05, 0) is 38.7 Å². The van der Waals surface area contributed by atoms with E-state index in [1.165, 1.54) is 10.8 Å². The van der Waals surface area contributed by atoms with Crippen LogP contribution in [0.4, 0.5) is 0 Å². The van der Waals surface area contributed by atoms with Crippen LogP contribution in [-0.2, 0) is 0 Å². The Hall–Kier alpha value is -1.67. The Morgan fingerprint density at radius 1 is 1.43 bits per heavy atom. The Labute approximate surface area is 142 Å². The highest BCUT2D eigenvalue weighted by atomic mass is 32.1. The van der Waals surface area contributed by atoms with Crippen molar-refractivity contribution in [1.29, 1.82) is 0 Å². The van der Waals surface area contributed by atoms with Crippen LogP contribution in [0.5, 0.6) is 5.88 Å². The second-order valence-electron chi connectivity index (χ2n) is 5.32. The molecule has 1 aromatic heterocycles. The van der Waals surface area contributed by atoms with E-state index in [9.17, 15) is 9.90 Å². The first-order valence-corrected chi connectivity index (χ1v) is 8.43. The topological polar surface area (TPSA) is 85.7 Å². The number of hydrazone groups is 1. The lowest BCUT2D eigenvalue weighted by Crippen LogP contribution is -2.30. The number of nitrogens with one attached hydrogen (secondary N) is 2. The van der Waals surface area contributed by atoms with E-state index >= 15 is 0 Å². The summed E-state index contributed by atoms with van der Waals surface area (Å²) in [4.78, 5) is 16.8. The van der Waals surface area contributed by atoms with Gasteiger partial charge in [0.2, 0.25) is 5.88 Å². The zero-order valence-electron chi connectivity index (χ0n) is 14.3. The minimum absolute atomic E-state index is 0.0119. The minimum atomic E-state index is -0.443. The summed E-state index contributed by atoms with van der Waals surface area (Å²) in [5.74, 6) is -0.151. The number of H-pyrrole nitrogens is 1. The van der Waals surface area contributed by atoms with Crippen LogP contribution in [0.25, 0.3) is 0 Å². The third-order valence-corrected chi connectivity index (χ3v) is 4.20. The predicted octanol–water partition coefficient (Wildman–Crippen LogP) is 1.85. The summed E-state index contributed by atoms with van der Waals surface area (Å²) >= 11 is 5.12. The normalized spacial score (nSPS) is 12.9. The van der Waals surface area contributed by atoms with Gasteiger partial charge in [-0.15, -0.1) is 0 Å². The molecule has 1 aromatic rings. The Morgan fingerprint density at radius 3 is 2.65 bits per heavy atom. The van der Waals surface area contributed by atoms with Crippen LogP contribution in [0.15, 0.2) is 9.90 Å². The second kappa shape index (κ2) is 9.46. The van der Waals surface area contributed by atoms with E-state index in [1.807, 2.05) is 13.8 Å². The molecule has 0 spiro atoms. The van der Waals surface area contributed by atoms with E-state index in [0.717, 1.165) is 26.1 Å². The van der Waals surface area contributed by atoms with Crippen molar-refractivity contribution < 1.29 is 5.11 Å². The summed E-state index contributed by atoms with van der Waals surface area (Å²) < 4.78 is 1.75. The van der Waals surface area contributed by atoms with Crippen molar-refractivity contribution in [2.75, 3.05) is 26.2 Å². The Balaban J connectivity index is 2.86. The van der Waals surface area contributed by atoms with E-state index < -0.39 is 5.56 Å². The van der Waals surface area contributed by atoms with Crippen LogP contribution >= 0.6 is 12.2 Å². The molecule has 1 rings (SSSR count). The molecule has 0 aliphatic carbocycles. The summed E-state index contributed by atoms with van der Waals surface area (Å²) in [6, 6.07) is -0.0119. The third-order valence-electron chi connectivity index (χ3n) is 3.90. The highest BCUT2D eigenvalue weighted by Crippen LogP contribution is 2.19. The molecule has 1 heterocycles. The molecule has 0 saturated carbocycles. The molecule has 1 atom stereocenters. The standard InChI is InChI=1S/C15H27N5O2S/c1-5-11(4)20-14(22)12(13(21)18-15(20)23)10-17-16-8-9-19(6-2)7-3/h10-11,16,22H,5-9H2,1-4H3,(H,18,21,23). The first kappa shape index (κ1) is 19.4. The fourth-order valence-electron chi connectivity index (χ4n) is 2.18. The molecule has 130 valence electrons. The second-order valence-corrected chi connectivity index (χ2v) is 5.70. The Bertz CT molecular complexity index is 634. The largest absolute Gasteiger partial charge is 0.494 e. The van der Waals surface area contributed by atoms with Crippen molar-refractivity contribution in [3.63, 3.8) is 0 Å². The van der Waals surface area contributed by atoms with Gasteiger partial charge in [0.05, 0.1) is 6.21 Å². The maximum Gasteiger partial charge on any atom is 0.264 e. The van der Waals surface area contributed by atoms with Gasteiger partial charge in [0.15, 0.2) is 4.77 Å². The van der Waals surface area contributed by atoms with Gasteiger partial charge in [0, 0.05) is 19.1 Å². The lowest BCUT2D eigenvalue weighted by atomic mass is 10.2. The fourth-order valence-corrected chi connectivity index (χ4v) is 2.54. The smallest absolute Gasteiger partial charge is 0.264 e. The van der Waals surface area contributed by atoms with E-state index in [1.54, 1.807) is 0 Å². The molecule has 0 aliphatic rings. The van der Waals surface area contributed by atoms with Gasteiger partial charge >= 0.3 is 0 Å². The molecule has 0 amide bonds. The number of aromatic amines is 1. The van der Waals surface area contributed by atoms with E-state index in [0.29, 0.717) is 6.54 Å². The monoisotopic (exact) mass is 341 g/mol. The molecular weight excluding hydrogens is 314 g/mol. The van der Waals surface area contributed by atoms with Crippen molar-refractivity contribution in [1.82, 2.24) is 19.9 Å². The average molecular weight is 341 g/mol. The molecule has 0 saturated heterocycles. The molecular formula is C15H27N5O2S. The number of rotatable bonds is 9. The van der Waals surface area contributed by atoms with Crippen molar-refractivity contribution in [3.05, 3.63) is 20.7 Å². The first-order chi connectivity index (χ1) is 11.0. The zero-order chi connectivity index (χ0) is 17.4. The number of likely N-dealkylation sites (N-methyl/N-ethyl adjacent to an activating group) is 1. The van der Waals surface area contributed by atoms with Gasteiger partial charge in [-0.3, -0.25) is 14.3 Å². The summed E-state index contributed by atoms with van der Waals surface area (Å²) in [6.45, 7) is 11.6. The highest BCUT2D eigenvalue weighted by Gasteiger charge is 2.14. The summed E-state index contributed by atoms with van der Waals surface area (Å²) in [7, 11) is 0. The summed E-state index contributed by atoms with van der Waals surface area (Å²) in [5, 5.41) is 14.4. The third kappa shape index (κ3) is 5.18. The predicted molar refractivity (Wildman–Crippen MR) is 95.9 cm³/mol. The van der Waals surface area contributed by atoms with Crippen molar-refractivity contribution >= 4 is 18.4 Å². The number of hydrogen-bond acceptors (Lipinski definition) is 6. The van der Waals surface area contributed by atoms with Crippen LogP contribution in [0.3, 0.4) is 0 Å². The number of nitrogens with zero attached hydrogens (tertiary/aromatic N) is 3. The number of aromatic hydroxyl groups is 1. The van der Waals surface area contributed by atoms with Crippen LogP contribution in [0.2, 0.25) is 0 Å². The number of hydrogen-bond donors (Lipinski definition) is 3. The molecule has 0 aromatic carbocycles. The lowest BCUT2D eigenvalue weighted by molar-refractivity contribution is 0.303. The SMILES string of the molecule is CCC(C)n1c(O)c(C=NNCCN(CC)CC)c(=O)[nH]c1=S. The van der Waals surface area contributed by atoms with Crippen LogP contribution in [0, 0.1) is 4.77 Å². The van der Waals surface area contributed by atoms with Gasteiger partial charge in [0.1, 0.15) is 5.56 Å². The van der Waals surface area contributed by atoms with Gasteiger partial charge < -0.3 is 15.4 Å². The Kier molecular flexibility index (Phi) is 7.97. The Morgan fingerprint density at radius 2 is 2.09 bits per heavy atom. The van der Waals surface area contributed by atoms with E-state index in [2.05, 4.69) is 34.3 Å². The van der Waals surface area contributed by atoms with Crippen LogP contribution in [-0.4, -0.2) is 52.0 Å². The highest BCUT2D eigenvalue weighted by molar-refractivity contribution is 7.71. The van der Waals surface area contributed by atoms with Crippen molar-refractivity contribution in [2.45, 2.75) is 40.2 Å². The number of aromatic nitrogens is 2. The molecule has 23 heavy (non-hydrogen) atoms. The molecule has 8 heteroatoms. The van der Waals surface area contributed by atoms with E-state index in [-0.39, 0.29) is 22.3 Å². The van der Waals surface area contributed by atoms with Gasteiger partial charge in [-0.1, -0.05) is 20.8 Å². The molecule has 0 aliphatic heterocycles. The molecule has 1 unspecified atom stereocenters. The van der Waals surface area contributed by atoms with E-state index in [4.69, 9.17) is 12.2 Å². The fraction of sp³-hybridized carbons (Fsp3) is 0.667. The quantitative estimate of drug-likeness (QED) is 0.276. The molecule has 7 nitrogen and oxygen atoms in total. The molecule has 0 bridgehead atoms. The first-order valence-electron chi connectivity index (χ1n) is 8.02. The molecule has 0 fully saturated rings. The van der Waals surface area contributed by atoms with Gasteiger partial charge in [-0.2, -0.15) is 5.10 Å². The van der Waals surface area contributed by atoms with Crippen molar-refractivity contribution in [3.8, 4) is 5.88 Å². The van der Waals surface area contributed by atoms with Crippen LogP contribution < -0.4 is 11.0 Å². The summed E-state index contributed by atoms with van der Waals surface area (Å²) in [6.07, 6.45) is 2.12. The lowest BCUT2D eigenvalue weighted by Gasteiger charge is -2.17. The summed E-state index contributed by atoms with van der Waals surface area (Å²) in [5.41, 5.74) is 2.56. The molecule has 3 N–H and O–H groups in total. The van der Waals surface area contributed by atoms with Gasteiger partial charge in [0.25, 0.3) is 5.56 Å². The average Bonchev–Trinajstić information content (AvgIpc) is 2.52. The van der Waals surface area contributed by atoms with Crippen LogP contribution in [0.1, 0.15) is 45.7 Å².